The maximum Gasteiger partial charge on any atom is 0.416 e. The van der Waals surface area contributed by atoms with E-state index in [9.17, 15) is 13.2 Å². The number of hydrogen-bond acceptors (Lipinski definition) is 1. The molecule has 0 spiro atoms. The zero-order valence-electron chi connectivity index (χ0n) is 13.5. The summed E-state index contributed by atoms with van der Waals surface area (Å²) in [5.74, 6) is 0. The van der Waals surface area contributed by atoms with Gasteiger partial charge in [-0.15, -0.1) is 0 Å². The fraction of sp³-hybridized carbons (Fsp3) is 0.667. The molecule has 0 aliphatic heterocycles. The normalized spacial score (nSPS) is 11.8. The topological polar surface area (TPSA) is 12.0 Å². The predicted molar refractivity (Wildman–Crippen MR) is 85.8 cm³/mol. The lowest BCUT2D eigenvalue weighted by Gasteiger charge is -2.09. The van der Waals surface area contributed by atoms with E-state index in [2.05, 4.69) is 12.2 Å². The van der Waals surface area contributed by atoms with Crippen molar-refractivity contribution in [2.24, 2.45) is 0 Å². The molecule has 1 nitrogen and oxygen atoms in total. The Morgan fingerprint density at radius 2 is 1.55 bits per heavy atom. The van der Waals surface area contributed by atoms with Crippen LogP contribution in [0.15, 0.2) is 24.3 Å². The third-order valence-electron chi connectivity index (χ3n) is 3.79. The van der Waals surface area contributed by atoms with Crippen LogP contribution >= 0.6 is 0 Å². The number of nitrogens with one attached hydrogen (secondary N) is 1. The molecule has 1 aromatic rings. The lowest BCUT2D eigenvalue weighted by Crippen LogP contribution is -2.15. The van der Waals surface area contributed by atoms with Crippen LogP contribution in [0.3, 0.4) is 0 Å². The Morgan fingerprint density at radius 3 is 2.18 bits per heavy atom. The summed E-state index contributed by atoms with van der Waals surface area (Å²) in [7, 11) is 0. The van der Waals surface area contributed by atoms with Gasteiger partial charge in [-0.2, -0.15) is 13.2 Å². The molecule has 0 amide bonds. The van der Waals surface area contributed by atoms with Gasteiger partial charge in [0.15, 0.2) is 0 Å². The van der Waals surface area contributed by atoms with E-state index in [0.717, 1.165) is 19.0 Å². The Balaban J connectivity index is 2.08. The first kappa shape index (κ1) is 19.0. The van der Waals surface area contributed by atoms with Crippen molar-refractivity contribution in [3.63, 3.8) is 0 Å². The maximum atomic E-state index is 12.6. The van der Waals surface area contributed by atoms with Crippen molar-refractivity contribution < 1.29 is 13.2 Å². The number of alkyl halides is 3. The van der Waals surface area contributed by atoms with Crippen LogP contribution in [0.4, 0.5) is 13.2 Å². The van der Waals surface area contributed by atoms with Gasteiger partial charge in [0.25, 0.3) is 0 Å². The van der Waals surface area contributed by atoms with E-state index in [1.807, 2.05) is 0 Å². The van der Waals surface area contributed by atoms with Crippen molar-refractivity contribution in [3.05, 3.63) is 35.4 Å². The molecule has 0 atom stereocenters. The summed E-state index contributed by atoms with van der Waals surface area (Å²) < 4.78 is 37.8. The molecule has 4 heteroatoms. The number of hydrogen-bond donors (Lipinski definition) is 1. The van der Waals surface area contributed by atoms with Crippen LogP contribution in [-0.4, -0.2) is 6.54 Å². The van der Waals surface area contributed by atoms with E-state index in [1.165, 1.54) is 57.1 Å². The lowest BCUT2D eigenvalue weighted by molar-refractivity contribution is -0.137. The molecule has 0 fully saturated rings. The van der Waals surface area contributed by atoms with Crippen molar-refractivity contribution in [2.45, 2.75) is 71.0 Å². The van der Waals surface area contributed by atoms with Crippen LogP contribution in [0, 0.1) is 0 Å². The van der Waals surface area contributed by atoms with Crippen LogP contribution < -0.4 is 5.32 Å². The molecule has 0 saturated heterocycles. The Kier molecular flexibility index (Phi) is 9.21. The summed E-state index contributed by atoms with van der Waals surface area (Å²) in [6.07, 6.45) is 5.86. The van der Waals surface area contributed by atoms with Gasteiger partial charge in [-0.25, -0.2) is 0 Å². The van der Waals surface area contributed by atoms with E-state index < -0.39 is 11.7 Å². The van der Waals surface area contributed by atoms with E-state index >= 15 is 0 Å². The Hall–Kier alpha value is -1.03. The van der Waals surface area contributed by atoms with Gasteiger partial charge < -0.3 is 5.32 Å². The molecule has 0 heterocycles. The molecule has 0 aromatic heterocycles. The standard InChI is InChI=1S/C18H28F3N/c1-2-3-4-5-6-7-8-9-13-22-15-16-11-10-12-17(14-16)18(19,20)21/h10-12,14,22H,2-9,13,15H2,1H3. The molecule has 1 aromatic carbocycles. The fourth-order valence-corrected chi connectivity index (χ4v) is 2.47. The molecule has 1 N–H and O–H groups in total. The highest BCUT2D eigenvalue weighted by Gasteiger charge is 2.30. The van der Waals surface area contributed by atoms with Crippen LogP contribution in [0.2, 0.25) is 0 Å². The van der Waals surface area contributed by atoms with Crippen molar-refractivity contribution in [1.82, 2.24) is 5.32 Å². The first-order valence-corrected chi connectivity index (χ1v) is 8.41. The highest BCUT2D eigenvalue weighted by atomic mass is 19.4. The number of rotatable bonds is 11. The molecule has 0 radical (unpaired) electrons. The summed E-state index contributed by atoms with van der Waals surface area (Å²) >= 11 is 0. The third kappa shape index (κ3) is 8.42. The van der Waals surface area contributed by atoms with Crippen LogP contribution in [0.25, 0.3) is 0 Å². The fourth-order valence-electron chi connectivity index (χ4n) is 2.47. The number of unbranched alkanes of at least 4 members (excludes halogenated alkanes) is 7. The van der Waals surface area contributed by atoms with Crippen molar-refractivity contribution in [2.75, 3.05) is 6.54 Å². The Labute approximate surface area is 132 Å². The second-order valence-electron chi connectivity index (χ2n) is 5.85. The molecule has 0 aliphatic rings. The summed E-state index contributed by atoms with van der Waals surface area (Å²) in [6, 6.07) is 5.54. The first-order valence-electron chi connectivity index (χ1n) is 8.41. The smallest absolute Gasteiger partial charge is 0.313 e. The van der Waals surface area contributed by atoms with Gasteiger partial charge in [0, 0.05) is 6.54 Å². The molecule has 1 rings (SSSR count). The SMILES string of the molecule is CCCCCCCCCCNCc1cccc(C(F)(F)F)c1. The summed E-state index contributed by atoms with van der Waals surface area (Å²) in [5, 5.41) is 3.22. The minimum atomic E-state index is -4.26. The predicted octanol–water partition coefficient (Wildman–Crippen LogP) is 5.94. The van der Waals surface area contributed by atoms with Crippen LogP contribution in [-0.2, 0) is 12.7 Å². The average Bonchev–Trinajstić information content (AvgIpc) is 2.49. The molecule has 126 valence electrons. The van der Waals surface area contributed by atoms with Crippen molar-refractivity contribution in [3.8, 4) is 0 Å². The lowest BCUT2D eigenvalue weighted by atomic mass is 10.1. The van der Waals surface area contributed by atoms with E-state index in [-0.39, 0.29) is 0 Å². The van der Waals surface area contributed by atoms with Gasteiger partial charge in [0.2, 0.25) is 0 Å². The minimum absolute atomic E-state index is 0.500. The molecular formula is C18H28F3N. The highest BCUT2D eigenvalue weighted by molar-refractivity contribution is 5.25. The quantitative estimate of drug-likeness (QED) is 0.499. The molecule has 0 saturated carbocycles. The minimum Gasteiger partial charge on any atom is -0.313 e. The van der Waals surface area contributed by atoms with Gasteiger partial charge in [0.05, 0.1) is 5.56 Å². The Bertz CT molecular complexity index is 402. The monoisotopic (exact) mass is 315 g/mol. The van der Waals surface area contributed by atoms with Gasteiger partial charge in [-0.05, 0) is 24.6 Å². The second kappa shape index (κ2) is 10.7. The summed E-state index contributed by atoms with van der Waals surface area (Å²) in [4.78, 5) is 0. The Morgan fingerprint density at radius 1 is 0.909 bits per heavy atom. The zero-order chi connectivity index (χ0) is 16.3. The number of benzene rings is 1. The van der Waals surface area contributed by atoms with Gasteiger partial charge in [-0.3, -0.25) is 0 Å². The molecular weight excluding hydrogens is 287 g/mol. The molecule has 0 bridgehead atoms. The largest absolute Gasteiger partial charge is 0.416 e. The highest BCUT2D eigenvalue weighted by Crippen LogP contribution is 2.29. The second-order valence-corrected chi connectivity index (χ2v) is 5.85. The van der Waals surface area contributed by atoms with Crippen molar-refractivity contribution >= 4 is 0 Å². The van der Waals surface area contributed by atoms with Gasteiger partial charge in [0.1, 0.15) is 0 Å². The van der Waals surface area contributed by atoms with Gasteiger partial charge >= 0.3 is 6.18 Å². The van der Waals surface area contributed by atoms with Crippen molar-refractivity contribution in [1.29, 1.82) is 0 Å². The summed E-state index contributed by atoms with van der Waals surface area (Å²) in [5.41, 5.74) is 0.119. The zero-order valence-corrected chi connectivity index (χ0v) is 13.5. The van der Waals surface area contributed by atoms with E-state index in [1.54, 1.807) is 6.07 Å². The summed E-state index contributed by atoms with van der Waals surface area (Å²) in [6.45, 7) is 3.59. The molecule has 22 heavy (non-hydrogen) atoms. The van der Waals surface area contributed by atoms with Crippen LogP contribution in [0.1, 0.15) is 69.4 Å². The molecule has 0 aliphatic carbocycles. The average molecular weight is 315 g/mol. The van der Waals surface area contributed by atoms with E-state index in [4.69, 9.17) is 0 Å². The molecule has 0 unspecified atom stereocenters. The van der Waals surface area contributed by atoms with Gasteiger partial charge in [-0.1, -0.05) is 70.1 Å². The van der Waals surface area contributed by atoms with Crippen LogP contribution in [0.5, 0.6) is 0 Å². The maximum absolute atomic E-state index is 12.6. The van der Waals surface area contributed by atoms with E-state index in [0.29, 0.717) is 12.1 Å². The third-order valence-corrected chi connectivity index (χ3v) is 3.79. The first-order chi connectivity index (χ1) is 10.5. The number of halogens is 3.